The Hall–Kier alpha value is -0.0700. The van der Waals surface area contributed by atoms with Gasteiger partial charge in [0.1, 0.15) is 15.9 Å². The van der Waals surface area contributed by atoms with Crippen LogP contribution in [0.4, 0.5) is 0 Å². The van der Waals surface area contributed by atoms with E-state index in [9.17, 15) is 4.79 Å². The van der Waals surface area contributed by atoms with E-state index in [1.54, 1.807) is 0 Å². The Kier molecular flexibility index (Phi) is 3.14. The van der Waals surface area contributed by atoms with Crippen LogP contribution in [0.15, 0.2) is 6.07 Å². The van der Waals surface area contributed by atoms with E-state index in [0.29, 0.717) is 3.57 Å². The number of hydrogen-bond donors (Lipinski definition) is 1. The number of carboxylic acid groups (broad SMARTS) is 1. The molecule has 1 N–H and O–H groups in total. The lowest BCUT2D eigenvalue weighted by atomic mass is 10.3. The van der Waals surface area contributed by atoms with Gasteiger partial charge in [-0.25, -0.2) is 9.78 Å². The molecule has 0 aliphatic carbocycles. The highest BCUT2D eigenvalue weighted by Crippen LogP contribution is 2.22. The van der Waals surface area contributed by atoms with Gasteiger partial charge in [0.05, 0.1) is 0 Å². The Labute approximate surface area is 91.8 Å². The Morgan fingerprint density at radius 2 is 2.17 bits per heavy atom. The molecule has 1 aromatic heterocycles. The summed E-state index contributed by atoms with van der Waals surface area (Å²) in [5.74, 6) is -1.10. The number of rotatable bonds is 1. The van der Waals surface area contributed by atoms with Gasteiger partial charge in [0, 0.05) is 3.57 Å². The largest absolute Gasteiger partial charge is 0.478 e. The van der Waals surface area contributed by atoms with Gasteiger partial charge in [-0.05, 0) is 28.7 Å². The third-order valence-electron chi connectivity index (χ3n) is 1.11. The molecular weight excluding hydrogens is 316 g/mol. The van der Waals surface area contributed by atoms with Gasteiger partial charge < -0.3 is 5.11 Å². The highest BCUT2D eigenvalue weighted by atomic mass is 127. The van der Waals surface area contributed by atoms with Crippen molar-refractivity contribution < 1.29 is 9.90 Å². The quantitative estimate of drug-likeness (QED) is 0.640. The van der Waals surface area contributed by atoms with Crippen LogP contribution in [0.25, 0.3) is 0 Å². The van der Waals surface area contributed by atoms with Gasteiger partial charge >= 0.3 is 5.97 Å². The van der Waals surface area contributed by atoms with Crippen molar-refractivity contribution in [2.75, 3.05) is 0 Å². The zero-order valence-corrected chi connectivity index (χ0v) is 9.18. The molecule has 1 rings (SSSR count). The highest BCUT2D eigenvalue weighted by molar-refractivity contribution is 14.1. The molecule has 0 aliphatic rings. The van der Waals surface area contributed by atoms with Crippen molar-refractivity contribution >= 4 is 51.8 Å². The van der Waals surface area contributed by atoms with Gasteiger partial charge in [0.15, 0.2) is 0 Å². The van der Waals surface area contributed by atoms with E-state index in [-0.39, 0.29) is 15.9 Å². The van der Waals surface area contributed by atoms with Crippen molar-refractivity contribution in [1.29, 1.82) is 0 Å². The van der Waals surface area contributed by atoms with Crippen molar-refractivity contribution in [3.8, 4) is 0 Å². The zero-order valence-electron chi connectivity index (χ0n) is 5.51. The number of carboxylic acids is 1. The lowest BCUT2D eigenvalue weighted by molar-refractivity contribution is 0.0695. The summed E-state index contributed by atoms with van der Waals surface area (Å²) < 4.78 is 0.477. The number of halogens is 3. The van der Waals surface area contributed by atoms with E-state index in [4.69, 9.17) is 28.3 Å². The van der Waals surface area contributed by atoms with Crippen molar-refractivity contribution in [2.24, 2.45) is 0 Å². The molecule has 1 heterocycles. The standard InChI is InChI=1S/C6H2Cl2INO2/c7-3-1-2(9)4(6(11)12)5(8)10-3/h1H,(H,11,12). The number of aromatic carboxylic acids is 1. The molecule has 0 saturated carbocycles. The van der Waals surface area contributed by atoms with E-state index in [0.717, 1.165) is 0 Å². The van der Waals surface area contributed by atoms with E-state index in [1.165, 1.54) is 6.07 Å². The maximum Gasteiger partial charge on any atom is 0.339 e. The van der Waals surface area contributed by atoms with Gasteiger partial charge in [-0.1, -0.05) is 23.2 Å². The van der Waals surface area contributed by atoms with Crippen LogP contribution in [0.2, 0.25) is 10.3 Å². The molecule has 0 aliphatic heterocycles. The van der Waals surface area contributed by atoms with E-state index < -0.39 is 5.97 Å². The summed E-state index contributed by atoms with van der Waals surface area (Å²) in [7, 11) is 0. The maximum atomic E-state index is 10.6. The molecule has 3 nitrogen and oxygen atoms in total. The van der Waals surface area contributed by atoms with Crippen LogP contribution in [-0.4, -0.2) is 16.1 Å². The van der Waals surface area contributed by atoms with Crippen LogP contribution in [0, 0.1) is 3.57 Å². The summed E-state index contributed by atoms with van der Waals surface area (Å²) in [6, 6.07) is 1.44. The maximum absolute atomic E-state index is 10.6. The summed E-state index contributed by atoms with van der Waals surface area (Å²) in [6.45, 7) is 0. The average molecular weight is 318 g/mol. The van der Waals surface area contributed by atoms with E-state index >= 15 is 0 Å². The SMILES string of the molecule is O=C(O)c1c(I)cc(Cl)nc1Cl. The van der Waals surface area contributed by atoms with Crippen LogP contribution in [-0.2, 0) is 0 Å². The molecule has 64 valence electrons. The molecular formula is C6H2Cl2INO2. The number of carbonyl (C=O) groups is 1. The molecule has 12 heavy (non-hydrogen) atoms. The van der Waals surface area contributed by atoms with Crippen molar-refractivity contribution in [1.82, 2.24) is 4.98 Å². The Bertz CT molecular complexity index is 319. The molecule has 1 aromatic rings. The number of pyridine rings is 1. The minimum absolute atomic E-state index is 0.0123. The number of aromatic nitrogens is 1. The fraction of sp³-hybridized carbons (Fsp3) is 0. The van der Waals surface area contributed by atoms with Crippen LogP contribution >= 0.6 is 45.8 Å². The first-order valence-electron chi connectivity index (χ1n) is 2.77. The second-order valence-electron chi connectivity index (χ2n) is 1.90. The average Bonchev–Trinajstić information content (AvgIpc) is 1.82. The molecule has 0 fully saturated rings. The van der Waals surface area contributed by atoms with Crippen LogP contribution in [0.1, 0.15) is 10.4 Å². The summed E-state index contributed by atoms with van der Waals surface area (Å²) in [6.07, 6.45) is 0. The Morgan fingerprint density at radius 1 is 1.58 bits per heavy atom. The molecule has 0 bridgehead atoms. The normalized spacial score (nSPS) is 9.92. The lowest BCUT2D eigenvalue weighted by Gasteiger charge is -2.00. The number of nitrogens with zero attached hydrogens (tertiary/aromatic N) is 1. The second-order valence-corrected chi connectivity index (χ2v) is 3.81. The third-order valence-corrected chi connectivity index (χ3v) is 2.43. The topological polar surface area (TPSA) is 50.2 Å². The van der Waals surface area contributed by atoms with Gasteiger partial charge in [0.25, 0.3) is 0 Å². The predicted octanol–water partition coefficient (Wildman–Crippen LogP) is 2.69. The first-order chi connectivity index (χ1) is 5.52. The van der Waals surface area contributed by atoms with Gasteiger partial charge in [0.2, 0.25) is 0 Å². The molecule has 0 atom stereocenters. The summed E-state index contributed by atoms with van der Waals surface area (Å²) in [4.78, 5) is 14.2. The zero-order chi connectivity index (χ0) is 9.30. The van der Waals surface area contributed by atoms with Crippen LogP contribution in [0.5, 0.6) is 0 Å². The molecule has 0 amide bonds. The van der Waals surface area contributed by atoms with E-state index in [2.05, 4.69) is 4.98 Å². The minimum Gasteiger partial charge on any atom is -0.478 e. The minimum atomic E-state index is -1.10. The summed E-state index contributed by atoms with van der Waals surface area (Å²) in [5, 5.41) is 8.77. The molecule has 0 spiro atoms. The van der Waals surface area contributed by atoms with Crippen molar-refractivity contribution in [2.45, 2.75) is 0 Å². The molecule has 0 saturated heterocycles. The van der Waals surface area contributed by atoms with Crippen molar-refractivity contribution in [3.05, 3.63) is 25.5 Å². The molecule has 6 heteroatoms. The van der Waals surface area contributed by atoms with Crippen LogP contribution in [0.3, 0.4) is 0 Å². The first-order valence-corrected chi connectivity index (χ1v) is 4.60. The van der Waals surface area contributed by atoms with Gasteiger partial charge in [-0.2, -0.15) is 0 Å². The summed E-state index contributed by atoms with van der Waals surface area (Å²) >= 11 is 12.9. The summed E-state index contributed by atoms with van der Waals surface area (Å²) in [5.41, 5.74) is -0.0123. The fourth-order valence-electron chi connectivity index (χ4n) is 0.648. The molecule has 0 radical (unpaired) electrons. The van der Waals surface area contributed by atoms with Crippen molar-refractivity contribution in [3.63, 3.8) is 0 Å². The monoisotopic (exact) mass is 317 g/mol. The van der Waals surface area contributed by atoms with Gasteiger partial charge in [-0.15, -0.1) is 0 Å². The fourth-order valence-corrected chi connectivity index (χ4v) is 2.28. The number of hydrogen-bond acceptors (Lipinski definition) is 2. The lowest BCUT2D eigenvalue weighted by Crippen LogP contribution is -2.02. The third kappa shape index (κ3) is 1.99. The second kappa shape index (κ2) is 3.76. The van der Waals surface area contributed by atoms with Gasteiger partial charge in [-0.3, -0.25) is 0 Å². The first kappa shape index (κ1) is 10.0. The smallest absolute Gasteiger partial charge is 0.339 e. The Balaban J connectivity index is 3.38. The Morgan fingerprint density at radius 3 is 2.58 bits per heavy atom. The molecule has 0 aromatic carbocycles. The van der Waals surface area contributed by atoms with Crippen LogP contribution < -0.4 is 0 Å². The molecule has 0 unspecified atom stereocenters. The highest BCUT2D eigenvalue weighted by Gasteiger charge is 2.14. The van der Waals surface area contributed by atoms with E-state index in [1.807, 2.05) is 22.6 Å². The predicted molar refractivity (Wildman–Crippen MR) is 53.9 cm³/mol.